The molecular formula is C84H76N2O2. The highest BCUT2D eigenvalue weighted by molar-refractivity contribution is 6.30. The molecule has 0 bridgehead atoms. The number of para-hydroxylation sites is 4. The molecule has 4 heteroatoms. The Kier molecular flexibility index (Phi) is 13.2. The third-order valence-corrected chi connectivity index (χ3v) is 20.4. The Balaban J connectivity index is 1.01. The first-order chi connectivity index (χ1) is 43.0. The number of benzene rings is 12. The van der Waals surface area contributed by atoms with E-state index < -0.39 is 0 Å². The Morgan fingerprint density at radius 2 is 0.682 bits per heavy atom. The van der Waals surface area contributed by atoms with E-state index in [0.29, 0.717) is 23.7 Å². The molecule has 2 aliphatic carbocycles. The Morgan fingerprint density at radius 3 is 1.09 bits per heavy atom. The first-order valence-electron chi connectivity index (χ1n) is 32.6. The zero-order valence-corrected chi connectivity index (χ0v) is 52.2. The summed E-state index contributed by atoms with van der Waals surface area (Å²) in [5.74, 6) is 1.57. The predicted octanol–water partition coefficient (Wildman–Crippen LogP) is 25.5. The number of anilines is 6. The molecule has 88 heavy (non-hydrogen) atoms. The van der Waals surface area contributed by atoms with Crippen molar-refractivity contribution in [2.75, 3.05) is 9.80 Å². The lowest BCUT2D eigenvalue weighted by Crippen LogP contribution is -2.15. The molecule has 0 radical (unpaired) electrons. The van der Waals surface area contributed by atoms with Crippen LogP contribution in [0.15, 0.2) is 203 Å². The summed E-state index contributed by atoms with van der Waals surface area (Å²) in [6.07, 6.45) is 9.67. The Hall–Kier alpha value is -9.12. The Morgan fingerprint density at radius 1 is 0.318 bits per heavy atom. The molecule has 2 aliphatic rings. The molecule has 0 spiro atoms. The maximum absolute atomic E-state index is 7.51. The lowest BCUT2D eigenvalue weighted by molar-refractivity contribution is 0.669. The van der Waals surface area contributed by atoms with Gasteiger partial charge < -0.3 is 18.6 Å². The second kappa shape index (κ2) is 21.3. The second-order valence-corrected chi connectivity index (χ2v) is 26.6. The fourth-order valence-corrected chi connectivity index (χ4v) is 16.1. The van der Waals surface area contributed by atoms with Gasteiger partial charge in [0.1, 0.15) is 11.2 Å². The highest BCUT2D eigenvalue weighted by atomic mass is 16.3. The second-order valence-electron chi connectivity index (χ2n) is 26.6. The first kappa shape index (κ1) is 54.3. The molecule has 0 atom stereocenters. The van der Waals surface area contributed by atoms with E-state index in [2.05, 4.69) is 259 Å². The van der Waals surface area contributed by atoms with Crippen LogP contribution in [0.4, 0.5) is 34.1 Å². The first-order valence-corrected chi connectivity index (χ1v) is 32.6. The highest BCUT2D eigenvalue weighted by Crippen LogP contribution is 2.56. The van der Waals surface area contributed by atoms with E-state index in [1.54, 1.807) is 0 Å². The van der Waals surface area contributed by atoms with Crippen LogP contribution in [0.25, 0.3) is 98.4 Å². The predicted molar refractivity (Wildman–Crippen MR) is 374 cm³/mol. The number of hydrogen-bond acceptors (Lipinski definition) is 4. The van der Waals surface area contributed by atoms with E-state index in [0.717, 1.165) is 77.8 Å². The fourth-order valence-electron chi connectivity index (χ4n) is 16.1. The number of hydrogen-bond donors (Lipinski definition) is 0. The van der Waals surface area contributed by atoms with Crippen LogP contribution >= 0.6 is 0 Å². The molecule has 0 saturated heterocycles. The summed E-state index contributed by atoms with van der Waals surface area (Å²) in [5.41, 5.74) is 25.6. The van der Waals surface area contributed by atoms with Gasteiger partial charge in [0.05, 0.1) is 22.7 Å². The molecule has 0 N–H and O–H groups in total. The lowest BCUT2D eigenvalue weighted by atomic mass is 9.82. The molecule has 12 aromatic carbocycles. The number of aryl methyl sites for hydroxylation is 4. The molecular weight excluding hydrogens is 1070 g/mol. The molecule has 2 aromatic heterocycles. The number of furan rings is 2. The number of nitrogens with zero attached hydrogens (tertiary/aromatic N) is 2. The highest BCUT2D eigenvalue weighted by Gasteiger charge is 2.33. The van der Waals surface area contributed by atoms with Crippen LogP contribution in [0.1, 0.15) is 147 Å². The third-order valence-electron chi connectivity index (χ3n) is 20.4. The van der Waals surface area contributed by atoms with E-state index in [1.807, 2.05) is 0 Å². The minimum atomic E-state index is 0.354. The van der Waals surface area contributed by atoms with E-state index in [-0.39, 0.29) is 0 Å². The van der Waals surface area contributed by atoms with Crippen molar-refractivity contribution in [1.82, 2.24) is 0 Å². The Bertz CT molecular complexity index is 4760. The van der Waals surface area contributed by atoms with Crippen LogP contribution in [0, 0.1) is 27.7 Å². The zero-order valence-electron chi connectivity index (χ0n) is 52.2. The molecule has 4 nitrogen and oxygen atoms in total. The van der Waals surface area contributed by atoms with Crippen molar-refractivity contribution < 1.29 is 8.83 Å². The summed E-state index contributed by atoms with van der Waals surface area (Å²) in [7, 11) is 0. The quantitative estimate of drug-likeness (QED) is 0.114. The van der Waals surface area contributed by atoms with Crippen molar-refractivity contribution in [3.8, 4) is 22.3 Å². The Labute approximate surface area is 517 Å². The normalized spacial score (nSPS) is 14.3. The number of fused-ring (bicyclic) bond motifs is 6. The van der Waals surface area contributed by atoms with E-state index in [9.17, 15) is 0 Å². The van der Waals surface area contributed by atoms with Crippen molar-refractivity contribution in [1.29, 1.82) is 0 Å². The molecule has 2 fully saturated rings. The summed E-state index contributed by atoms with van der Waals surface area (Å²) in [4.78, 5) is 5.19. The topological polar surface area (TPSA) is 32.8 Å². The monoisotopic (exact) mass is 1140 g/mol. The van der Waals surface area contributed by atoms with Crippen molar-refractivity contribution >= 4 is 110 Å². The minimum absolute atomic E-state index is 0.354. The summed E-state index contributed by atoms with van der Waals surface area (Å²) in [6.45, 7) is 18.2. The summed E-state index contributed by atoms with van der Waals surface area (Å²) in [6, 6.07) is 74.0. The van der Waals surface area contributed by atoms with Crippen LogP contribution in [-0.4, -0.2) is 0 Å². The average Bonchev–Trinajstić information content (AvgIpc) is 1.02. The van der Waals surface area contributed by atoms with Crippen LogP contribution in [-0.2, 0) is 0 Å². The van der Waals surface area contributed by atoms with Gasteiger partial charge in [-0.1, -0.05) is 211 Å². The van der Waals surface area contributed by atoms with Crippen LogP contribution in [0.5, 0.6) is 0 Å². The SMILES string of the molecule is Cc1ccc(C)c(N(c2cc(C3CCCC3)c3ccc4c(N(c5cc(C)ccc5C)c5cccc6c5oc5c(-c7ccccc7C(C)C)cccc56)cc(C5CCCC5)c5ccc2c3c54)c2cccc3c2oc2c(-c4ccccc4C(C)C)cccc23)c1. The van der Waals surface area contributed by atoms with Crippen molar-refractivity contribution in [3.05, 3.63) is 239 Å². The molecule has 14 aromatic rings. The van der Waals surface area contributed by atoms with Gasteiger partial charge >= 0.3 is 0 Å². The summed E-state index contributed by atoms with van der Waals surface area (Å²) in [5, 5.41) is 12.5. The molecule has 434 valence electrons. The lowest BCUT2D eigenvalue weighted by Gasteiger charge is -2.33. The molecule has 2 saturated carbocycles. The standard InChI is InChI=1S/C84H76N2O2/c1-49(2)57-25-13-15-27-59(57)63-29-17-31-65-67-33-19-35-73(83(67)87-81(63)65)85(75-45-51(5)37-39-53(75)7)77-47-71(55-21-9-10-22-55)61-42-44-70-78(48-72(56-23-11-12-24-56)62-41-43-69(77)79(61)80(62)70)86(76-46-52(6)38-40-54(76)8)74-36-20-34-68-66-32-18-30-64(82(66)88-84(68)74)60-28-16-14-26-58(60)50(3)4/h13-20,25-50,55-56H,9-12,21-24H2,1-8H3. The van der Waals surface area contributed by atoms with Crippen LogP contribution < -0.4 is 9.80 Å². The zero-order chi connectivity index (χ0) is 59.6. The molecule has 0 unspecified atom stereocenters. The largest absolute Gasteiger partial charge is 0.453 e. The van der Waals surface area contributed by atoms with Gasteiger partial charge in [-0.2, -0.15) is 0 Å². The number of rotatable bonds is 12. The van der Waals surface area contributed by atoms with Crippen molar-refractivity contribution in [2.24, 2.45) is 0 Å². The van der Waals surface area contributed by atoms with Crippen LogP contribution in [0.3, 0.4) is 0 Å². The van der Waals surface area contributed by atoms with Gasteiger partial charge in [-0.05, 0) is 191 Å². The van der Waals surface area contributed by atoms with Crippen LogP contribution in [0.2, 0.25) is 0 Å². The van der Waals surface area contributed by atoms with Gasteiger partial charge in [0.2, 0.25) is 0 Å². The van der Waals surface area contributed by atoms with Gasteiger partial charge in [0.15, 0.2) is 11.2 Å². The summed E-state index contributed by atoms with van der Waals surface area (Å²) < 4.78 is 15.0. The third kappa shape index (κ3) is 8.60. The minimum Gasteiger partial charge on any atom is -0.453 e. The van der Waals surface area contributed by atoms with Crippen molar-refractivity contribution in [2.45, 2.75) is 130 Å². The molecule has 0 aliphatic heterocycles. The van der Waals surface area contributed by atoms with Gasteiger partial charge in [0, 0.05) is 54.8 Å². The van der Waals surface area contributed by atoms with Gasteiger partial charge in [-0.25, -0.2) is 0 Å². The van der Waals surface area contributed by atoms with Gasteiger partial charge in [0.25, 0.3) is 0 Å². The maximum Gasteiger partial charge on any atom is 0.159 e. The maximum atomic E-state index is 7.51. The molecule has 2 heterocycles. The summed E-state index contributed by atoms with van der Waals surface area (Å²) >= 11 is 0. The average molecular weight is 1150 g/mol. The fraction of sp³-hybridized carbons (Fsp3) is 0.238. The molecule has 16 rings (SSSR count). The van der Waals surface area contributed by atoms with Gasteiger partial charge in [-0.3, -0.25) is 0 Å². The van der Waals surface area contributed by atoms with Crippen molar-refractivity contribution in [3.63, 3.8) is 0 Å². The smallest absolute Gasteiger partial charge is 0.159 e. The van der Waals surface area contributed by atoms with Gasteiger partial charge in [-0.15, -0.1) is 0 Å². The van der Waals surface area contributed by atoms with E-state index >= 15 is 0 Å². The molecule has 0 amide bonds. The van der Waals surface area contributed by atoms with E-state index in [1.165, 1.54) is 151 Å². The van der Waals surface area contributed by atoms with E-state index in [4.69, 9.17) is 8.83 Å².